The first-order valence-corrected chi connectivity index (χ1v) is 10.3. The zero-order valence-electron chi connectivity index (χ0n) is 16.8. The molecule has 2 aromatic rings. The number of nitrogens with one attached hydrogen (secondary N) is 2. The van der Waals surface area contributed by atoms with Gasteiger partial charge in [0.1, 0.15) is 5.82 Å². The van der Waals surface area contributed by atoms with E-state index in [0.717, 1.165) is 9.87 Å². The summed E-state index contributed by atoms with van der Waals surface area (Å²) < 4.78 is 25.5. The van der Waals surface area contributed by atoms with Crippen LogP contribution >= 0.6 is 0 Å². The van der Waals surface area contributed by atoms with Gasteiger partial charge in [-0.05, 0) is 43.8 Å². The van der Waals surface area contributed by atoms with Gasteiger partial charge in [-0.2, -0.15) is 0 Å². The average Bonchev–Trinajstić information content (AvgIpc) is 2.63. The summed E-state index contributed by atoms with van der Waals surface area (Å²) in [6.45, 7) is 1.86. The van der Waals surface area contributed by atoms with Crippen molar-refractivity contribution in [3.63, 3.8) is 0 Å². The first-order valence-electron chi connectivity index (χ1n) is 8.81. The molecule has 1 aromatic carbocycles. The molecule has 0 radical (unpaired) electrons. The van der Waals surface area contributed by atoms with E-state index in [2.05, 4.69) is 15.6 Å². The maximum Gasteiger partial charge on any atom is 0.242 e. The van der Waals surface area contributed by atoms with Crippen LogP contribution in [0.3, 0.4) is 0 Å². The molecule has 0 saturated heterocycles. The number of anilines is 2. The normalized spacial score (nSPS) is 11.5. The Bertz CT molecular complexity index is 974. The zero-order valence-corrected chi connectivity index (χ0v) is 17.7. The predicted molar refractivity (Wildman–Crippen MR) is 111 cm³/mol. The molecule has 2 rings (SSSR count). The lowest BCUT2D eigenvalue weighted by molar-refractivity contribution is -0.119. The molecule has 0 unspecified atom stereocenters. The SMILES string of the molecule is Cc1ccc(NC(=O)CN(C)CC(=O)Nc2cccc(S(=O)(=O)N(C)C)c2)nc1. The van der Waals surface area contributed by atoms with Crippen molar-refractivity contribution in [1.82, 2.24) is 14.2 Å². The number of hydrogen-bond donors (Lipinski definition) is 2. The predicted octanol–water partition coefficient (Wildman–Crippen LogP) is 1.15. The second kappa shape index (κ2) is 9.59. The molecule has 0 aliphatic heterocycles. The van der Waals surface area contributed by atoms with E-state index in [0.29, 0.717) is 11.5 Å². The largest absolute Gasteiger partial charge is 0.325 e. The Kier molecular flexibility index (Phi) is 7.43. The summed E-state index contributed by atoms with van der Waals surface area (Å²) in [5.41, 5.74) is 1.35. The highest BCUT2D eigenvalue weighted by Crippen LogP contribution is 2.17. The molecule has 0 fully saturated rings. The lowest BCUT2D eigenvalue weighted by Gasteiger charge is -2.16. The number of sulfonamides is 1. The molecule has 156 valence electrons. The summed E-state index contributed by atoms with van der Waals surface area (Å²) in [6.07, 6.45) is 1.65. The van der Waals surface area contributed by atoms with Crippen LogP contribution in [-0.2, 0) is 19.6 Å². The van der Waals surface area contributed by atoms with Crippen molar-refractivity contribution in [2.45, 2.75) is 11.8 Å². The van der Waals surface area contributed by atoms with Crippen LogP contribution in [0.5, 0.6) is 0 Å². The van der Waals surface area contributed by atoms with Crippen molar-refractivity contribution < 1.29 is 18.0 Å². The van der Waals surface area contributed by atoms with E-state index in [1.165, 1.54) is 26.2 Å². The molecule has 10 heteroatoms. The molecular formula is C19H25N5O4S. The Hall–Kier alpha value is -2.82. The molecule has 2 N–H and O–H groups in total. The number of amides is 2. The van der Waals surface area contributed by atoms with Crippen LogP contribution in [0.2, 0.25) is 0 Å². The van der Waals surface area contributed by atoms with Crippen LogP contribution in [0.15, 0.2) is 47.5 Å². The van der Waals surface area contributed by atoms with Crippen molar-refractivity contribution >= 4 is 33.3 Å². The minimum atomic E-state index is -3.59. The van der Waals surface area contributed by atoms with Gasteiger partial charge in [-0.1, -0.05) is 12.1 Å². The molecule has 1 aromatic heterocycles. The fourth-order valence-electron chi connectivity index (χ4n) is 2.42. The monoisotopic (exact) mass is 419 g/mol. The van der Waals surface area contributed by atoms with E-state index in [4.69, 9.17) is 0 Å². The fraction of sp³-hybridized carbons (Fsp3) is 0.316. The van der Waals surface area contributed by atoms with Gasteiger partial charge in [-0.25, -0.2) is 17.7 Å². The Morgan fingerprint density at radius 1 is 1.00 bits per heavy atom. The minimum Gasteiger partial charge on any atom is -0.325 e. The lowest BCUT2D eigenvalue weighted by atomic mass is 10.3. The van der Waals surface area contributed by atoms with Crippen molar-refractivity contribution in [2.75, 3.05) is 44.9 Å². The summed E-state index contributed by atoms with van der Waals surface area (Å²) in [7, 11) is 0.914. The molecule has 0 aliphatic rings. The Morgan fingerprint density at radius 2 is 1.66 bits per heavy atom. The Labute approximate surface area is 170 Å². The van der Waals surface area contributed by atoms with E-state index in [1.807, 2.05) is 13.0 Å². The molecule has 0 bridgehead atoms. The van der Waals surface area contributed by atoms with Crippen molar-refractivity contribution in [2.24, 2.45) is 0 Å². The molecule has 2 amide bonds. The first-order chi connectivity index (χ1) is 13.6. The smallest absolute Gasteiger partial charge is 0.242 e. The number of rotatable bonds is 8. The topological polar surface area (TPSA) is 112 Å². The van der Waals surface area contributed by atoms with Gasteiger partial charge in [0.2, 0.25) is 21.8 Å². The number of benzene rings is 1. The number of likely N-dealkylation sites (N-methyl/N-ethyl adjacent to an activating group) is 1. The van der Waals surface area contributed by atoms with Gasteiger partial charge < -0.3 is 10.6 Å². The van der Waals surface area contributed by atoms with E-state index in [1.54, 1.807) is 36.3 Å². The van der Waals surface area contributed by atoms with Crippen molar-refractivity contribution in [1.29, 1.82) is 0 Å². The highest BCUT2D eigenvalue weighted by atomic mass is 32.2. The number of nitrogens with zero attached hydrogens (tertiary/aromatic N) is 3. The number of aryl methyl sites for hydroxylation is 1. The molecule has 29 heavy (non-hydrogen) atoms. The molecule has 0 saturated carbocycles. The van der Waals surface area contributed by atoms with Crippen molar-refractivity contribution in [3.05, 3.63) is 48.2 Å². The van der Waals surface area contributed by atoms with E-state index in [-0.39, 0.29) is 29.8 Å². The van der Waals surface area contributed by atoms with Gasteiger partial charge in [0, 0.05) is 26.0 Å². The van der Waals surface area contributed by atoms with Gasteiger partial charge in [0.15, 0.2) is 0 Å². The van der Waals surface area contributed by atoms with Gasteiger partial charge in [0.05, 0.1) is 18.0 Å². The van der Waals surface area contributed by atoms with Crippen LogP contribution in [-0.4, -0.2) is 68.7 Å². The molecule has 0 aliphatic carbocycles. The summed E-state index contributed by atoms with van der Waals surface area (Å²) >= 11 is 0. The van der Waals surface area contributed by atoms with E-state index < -0.39 is 10.0 Å². The third-order valence-electron chi connectivity index (χ3n) is 3.90. The quantitative estimate of drug-likeness (QED) is 0.664. The maximum absolute atomic E-state index is 12.2. The number of carbonyl (C=O) groups excluding carboxylic acids is 2. The van der Waals surface area contributed by atoms with E-state index in [9.17, 15) is 18.0 Å². The standard InChI is InChI=1S/C19H25N5O4S/c1-14-8-9-17(20-11-14)22-19(26)13-24(4)12-18(25)21-15-6-5-7-16(10-15)29(27,28)23(2)3/h5-11H,12-13H2,1-4H3,(H,21,25)(H,20,22,26). The third kappa shape index (κ3) is 6.63. The number of carbonyl (C=O) groups is 2. The highest BCUT2D eigenvalue weighted by Gasteiger charge is 2.18. The second-order valence-corrected chi connectivity index (χ2v) is 8.96. The van der Waals surface area contributed by atoms with Gasteiger partial charge in [-0.3, -0.25) is 14.5 Å². The van der Waals surface area contributed by atoms with Crippen molar-refractivity contribution in [3.8, 4) is 0 Å². The summed E-state index contributed by atoms with van der Waals surface area (Å²) in [6, 6.07) is 9.54. The maximum atomic E-state index is 12.2. The van der Waals surface area contributed by atoms with Crippen LogP contribution < -0.4 is 10.6 Å². The van der Waals surface area contributed by atoms with Crippen LogP contribution in [0.1, 0.15) is 5.56 Å². The summed E-state index contributed by atoms with van der Waals surface area (Å²) in [5, 5.41) is 5.31. The average molecular weight is 420 g/mol. The Morgan fingerprint density at radius 3 is 2.24 bits per heavy atom. The van der Waals surface area contributed by atoms with Gasteiger partial charge >= 0.3 is 0 Å². The first kappa shape index (κ1) is 22.5. The third-order valence-corrected chi connectivity index (χ3v) is 5.71. The molecule has 0 atom stereocenters. The fourth-order valence-corrected chi connectivity index (χ4v) is 3.36. The lowest BCUT2D eigenvalue weighted by Crippen LogP contribution is -2.36. The number of pyridine rings is 1. The molecular weight excluding hydrogens is 394 g/mol. The van der Waals surface area contributed by atoms with Crippen LogP contribution in [0, 0.1) is 6.92 Å². The molecule has 9 nitrogen and oxygen atoms in total. The Balaban J connectivity index is 1.90. The number of hydrogen-bond acceptors (Lipinski definition) is 6. The van der Waals surface area contributed by atoms with Gasteiger partial charge in [-0.15, -0.1) is 0 Å². The van der Waals surface area contributed by atoms with Crippen LogP contribution in [0.4, 0.5) is 11.5 Å². The number of aromatic nitrogens is 1. The minimum absolute atomic E-state index is 0.00196. The highest BCUT2D eigenvalue weighted by molar-refractivity contribution is 7.89. The summed E-state index contributed by atoms with van der Waals surface area (Å²) in [5.74, 6) is -0.221. The summed E-state index contributed by atoms with van der Waals surface area (Å²) in [4.78, 5) is 30.0. The zero-order chi connectivity index (χ0) is 21.6. The molecule has 1 heterocycles. The van der Waals surface area contributed by atoms with E-state index >= 15 is 0 Å². The molecule has 0 spiro atoms. The van der Waals surface area contributed by atoms with Crippen LogP contribution in [0.25, 0.3) is 0 Å². The second-order valence-electron chi connectivity index (χ2n) is 6.80. The van der Waals surface area contributed by atoms with Gasteiger partial charge in [0.25, 0.3) is 0 Å².